The number of hydrogen-bond donors (Lipinski definition) is 1. The van der Waals surface area contributed by atoms with Crippen molar-refractivity contribution in [3.05, 3.63) is 42.7 Å². The fraction of sp³-hybridized carbons (Fsp3) is 0.429. The Bertz CT molecular complexity index is 944. The first kappa shape index (κ1) is 17.2. The molecule has 0 aliphatic heterocycles. The molecule has 1 unspecified atom stereocenters. The van der Waals surface area contributed by atoms with Crippen LogP contribution >= 0.6 is 0 Å². The summed E-state index contributed by atoms with van der Waals surface area (Å²) in [6, 6.07) is 9.86. The normalized spacial score (nSPS) is 23.7. The summed E-state index contributed by atoms with van der Waals surface area (Å²) in [6.07, 6.45) is 10.1. The van der Waals surface area contributed by atoms with E-state index >= 15 is 0 Å². The Hall–Kier alpha value is -2.96. The predicted molar refractivity (Wildman–Crippen MR) is 106 cm³/mol. The minimum atomic E-state index is 0.146. The molecule has 3 atom stereocenters. The lowest BCUT2D eigenvalue weighted by Gasteiger charge is -2.35. The van der Waals surface area contributed by atoms with E-state index in [1.54, 1.807) is 23.1 Å². The van der Waals surface area contributed by atoms with Gasteiger partial charge < -0.3 is 10.0 Å². The van der Waals surface area contributed by atoms with Gasteiger partial charge in [-0.1, -0.05) is 18.1 Å². The lowest BCUT2D eigenvalue weighted by atomic mass is 9.85. The van der Waals surface area contributed by atoms with Gasteiger partial charge in [-0.15, -0.1) is 15.3 Å². The molecule has 7 nitrogen and oxygen atoms in total. The van der Waals surface area contributed by atoms with Gasteiger partial charge in [-0.05, 0) is 55.4 Å². The number of phenols is 1. The van der Waals surface area contributed by atoms with Crippen LogP contribution in [0.5, 0.6) is 5.75 Å². The summed E-state index contributed by atoms with van der Waals surface area (Å²) in [5.74, 6) is 2.82. The van der Waals surface area contributed by atoms with Crippen LogP contribution in [0.2, 0.25) is 0 Å². The fourth-order valence-electron chi connectivity index (χ4n) is 4.86. The minimum Gasteiger partial charge on any atom is -0.507 e. The molecular weight excluding hydrogens is 352 g/mol. The highest BCUT2D eigenvalue weighted by molar-refractivity contribution is 5.68. The van der Waals surface area contributed by atoms with Gasteiger partial charge in [0.1, 0.15) is 5.75 Å². The second-order valence-electron chi connectivity index (χ2n) is 8.11. The van der Waals surface area contributed by atoms with Crippen molar-refractivity contribution in [2.75, 3.05) is 11.9 Å². The molecule has 0 radical (unpaired) electrons. The maximum absolute atomic E-state index is 10.5. The van der Waals surface area contributed by atoms with Gasteiger partial charge in [0, 0.05) is 24.7 Å². The van der Waals surface area contributed by atoms with E-state index in [1.165, 1.54) is 32.1 Å². The summed E-state index contributed by atoms with van der Waals surface area (Å²) >= 11 is 0. The first-order chi connectivity index (χ1) is 13.7. The third kappa shape index (κ3) is 3.10. The van der Waals surface area contributed by atoms with Gasteiger partial charge in [0.05, 0.1) is 23.8 Å². The van der Waals surface area contributed by atoms with E-state index in [-0.39, 0.29) is 5.75 Å². The Labute approximate surface area is 164 Å². The number of nitrogens with zero attached hydrogens (tertiary/aromatic N) is 6. The summed E-state index contributed by atoms with van der Waals surface area (Å²) in [4.78, 5) is 2.29. The summed E-state index contributed by atoms with van der Waals surface area (Å²) in [5, 5.41) is 27.0. The Morgan fingerprint density at radius 1 is 1.04 bits per heavy atom. The molecule has 7 heteroatoms. The van der Waals surface area contributed by atoms with Crippen LogP contribution in [0.25, 0.3) is 16.9 Å². The van der Waals surface area contributed by atoms with E-state index in [9.17, 15) is 5.11 Å². The van der Waals surface area contributed by atoms with Crippen molar-refractivity contribution in [2.24, 2.45) is 11.8 Å². The van der Waals surface area contributed by atoms with Crippen molar-refractivity contribution >= 4 is 5.82 Å². The molecular formula is C21H24N6O. The molecule has 3 aromatic rings. The molecule has 2 bridgehead atoms. The number of phenolic OH excluding ortho intramolecular Hbond substituents is 1. The van der Waals surface area contributed by atoms with E-state index in [2.05, 4.69) is 32.5 Å². The van der Waals surface area contributed by atoms with Gasteiger partial charge in [0.2, 0.25) is 0 Å². The molecule has 0 spiro atoms. The zero-order valence-corrected chi connectivity index (χ0v) is 15.9. The zero-order chi connectivity index (χ0) is 19.1. The second kappa shape index (κ2) is 6.89. The monoisotopic (exact) mass is 376 g/mol. The average Bonchev–Trinajstić information content (AvgIpc) is 3.37. The first-order valence-electron chi connectivity index (χ1n) is 9.94. The molecule has 144 valence electrons. The number of anilines is 1. The van der Waals surface area contributed by atoms with E-state index in [4.69, 9.17) is 0 Å². The number of rotatable bonds is 4. The molecule has 2 aromatic heterocycles. The van der Waals surface area contributed by atoms with Crippen LogP contribution in [0.4, 0.5) is 5.82 Å². The lowest BCUT2D eigenvalue weighted by molar-refractivity contribution is 0.312. The molecule has 5 rings (SSSR count). The third-order valence-corrected chi connectivity index (χ3v) is 6.36. The van der Waals surface area contributed by atoms with Gasteiger partial charge in [0.25, 0.3) is 0 Å². The van der Waals surface area contributed by atoms with Crippen LogP contribution in [-0.2, 0) is 0 Å². The van der Waals surface area contributed by atoms with Gasteiger partial charge in [-0.25, -0.2) is 4.68 Å². The van der Waals surface area contributed by atoms with Gasteiger partial charge in [0.15, 0.2) is 5.82 Å². The first-order valence-corrected chi connectivity index (χ1v) is 9.94. The summed E-state index contributed by atoms with van der Waals surface area (Å²) in [6.45, 7) is 0. The number of benzene rings is 1. The Morgan fingerprint density at radius 3 is 2.50 bits per heavy atom. The SMILES string of the molecule is CN(c1ccc(-c2ccc(-n3ccnn3)cc2O)nn1)C1C[C@H]2CC[C@@H](C1)C2. The van der Waals surface area contributed by atoms with Gasteiger partial charge in [-0.2, -0.15) is 0 Å². The molecule has 1 N–H and O–H groups in total. The number of aromatic hydroxyl groups is 1. The largest absolute Gasteiger partial charge is 0.507 e. The van der Waals surface area contributed by atoms with Crippen LogP contribution in [0.15, 0.2) is 42.7 Å². The maximum Gasteiger partial charge on any atom is 0.151 e. The zero-order valence-electron chi connectivity index (χ0n) is 15.9. The van der Waals surface area contributed by atoms with Crippen LogP contribution < -0.4 is 4.90 Å². The van der Waals surface area contributed by atoms with E-state index < -0.39 is 0 Å². The Kier molecular flexibility index (Phi) is 4.22. The molecule has 28 heavy (non-hydrogen) atoms. The average molecular weight is 376 g/mol. The van der Waals surface area contributed by atoms with Gasteiger partial charge >= 0.3 is 0 Å². The van der Waals surface area contributed by atoms with E-state index in [0.29, 0.717) is 17.3 Å². The lowest BCUT2D eigenvalue weighted by Crippen LogP contribution is -2.37. The van der Waals surface area contributed by atoms with Crippen molar-refractivity contribution in [3.8, 4) is 22.7 Å². The Balaban J connectivity index is 1.35. The highest BCUT2D eigenvalue weighted by Gasteiger charge is 2.36. The van der Waals surface area contributed by atoms with E-state index in [1.807, 2.05) is 24.3 Å². The molecule has 1 aromatic carbocycles. The van der Waals surface area contributed by atoms with Crippen LogP contribution in [0.3, 0.4) is 0 Å². The maximum atomic E-state index is 10.5. The van der Waals surface area contributed by atoms with Crippen LogP contribution in [-0.4, -0.2) is 43.4 Å². The van der Waals surface area contributed by atoms with E-state index in [0.717, 1.165) is 23.3 Å². The van der Waals surface area contributed by atoms with Crippen molar-refractivity contribution in [1.82, 2.24) is 25.2 Å². The molecule has 0 saturated heterocycles. The van der Waals surface area contributed by atoms with Crippen molar-refractivity contribution in [2.45, 2.75) is 38.1 Å². The molecule has 0 amide bonds. The summed E-state index contributed by atoms with van der Waals surface area (Å²) in [7, 11) is 2.13. The molecule has 2 aliphatic carbocycles. The second-order valence-corrected chi connectivity index (χ2v) is 8.11. The van der Waals surface area contributed by atoms with Crippen LogP contribution in [0.1, 0.15) is 32.1 Å². The fourth-order valence-corrected chi connectivity index (χ4v) is 4.86. The molecule has 2 fully saturated rings. The van der Waals surface area contributed by atoms with Gasteiger partial charge in [-0.3, -0.25) is 0 Å². The standard InChI is InChI=1S/C21H24N6O/c1-26(17-11-14-2-3-15(10-14)12-17)21-7-6-19(23-24-21)18-5-4-16(13-20(18)28)27-9-8-22-25-27/h4-9,13-15,17,28H,2-3,10-12H2,1H3/t14-,15+,17?. The summed E-state index contributed by atoms with van der Waals surface area (Å²) in [5.41, 5.74) is 2.06. The Morgan fingerprint density at radius 2 is 1.86 bits per heavy atom. The molecule has 2 aliphatic rings. The van der Waals surface area contributed by atoms with Crippen molar-refractivity contribution < 1.29 is 5.11 Å². The van der Waals surface area contributed by atoms with Crippen LogP contribution in [0, 0.1) is 11.8 Å². The molecule has 2 heterocycles. The smallest absolute Gasteiger partial charge is 0.151 e. The third-order valence-electron chi connectivity index (χ3n) is 6.36. The number of hydrogen-bond acceptors (Lipinski definition) is 6. The highest BCUT2D eigenvalue weighted by Crippen LogP contribution is 2.43. The molecule has 2 saturated carbocycles. The van der Waals surface area contributed by atoms with Crippen molar-refractivity contribution in [1.29, 1.82) is 0 Å². The number of fused-ring (bicyclic) bond motifs is 2. The quantitative estimate of drug-likeness (QED) is 0.751. The number of aromatic nitrogens is 5. The van der Waals surface area contributed by atoms with Crippen molar-refractivity contribution in [3.63, 3.8) is 0 Å². The topological polar surface area (TPSA) is 80.0 Å². The highest BCUT2D eigenvalue weighted by atomic mass is 16.3. The predicted octanol–water partition coefficient (Wildman–Crippen LogP) is 3.44. The minimum absolute atomic E-state index is 0.146. The summed E-state index contributed by atoms with van der Waals surface area (Å²) < 4.78 is 1.60.